The minimum Gasteiger partial charge on any atom is -0.478 e. The molecule has 5 heteroatoms. The molecule has 2 aromatic rings. The fourth-order valence-electron chi connectivity index (χ4n) is 2.02. The summed E-state index contributed by atoms with van der Waals surface area (Å²) in [5, 5.41) is 14.5. The predicted molar refractivity (Wildman–Crippen MR) is 86.7 cm³/mol. The normalized spacial score (nSPS) is 12.1. The molecule has 2 N–H and O–H groups in total. The van der Waals surface area contributed by atoms with Crippen molar-refractivity contribution in [3.63, 3.8) is 0 Å². The van der Waals surface area contributed by atoms with E-state index < -0.39 is 5.97 Å². The number of hydrogen-bond acceptors (Lipinski definition) is 3. The number of carboxylic acid groups (broad SMARTS) is 1. The third-order valence-electron chi connectivity index (χ3n) is 3.01. The number of thiophene rings is 1. The van der Waals surface area contributed by atoms with Gasteiger partial charge in [0.1, 0.15) is 0 Å². The summed E-state index contributed by atoms with van der Waals surface area (Å²) >= 11 is 5.17. The molecule has 0 amide bonds. The van der Waals surface area contributed by atoms with Crippen molar-refractivity contribution in [2.24, 2.45) is 0 Å². The van der Waals surface area contributed by atoms with Crippen LogP contribution in [-0.4, -0.2) is 11.1 Å². The third-order valence-corrected chi connectivity index (χ3v) is 4.65. The minimum atomic E-state index is -0.916. The van der Waals surface area contributed by atoms with Gasteiger partial charge in [0.15, 0.2) is 0 Å². The van der Waals surface area contributed by atoms with E-state index in [4.69, 9.17) is 5.11 Å². The van der Waals surface area contributed by atoms with Crippen LogP contribution in [0, 0.1) is 0 Å². The molecule has 0 aliphatic heterocycles. The zero-order chi connectivity index (χ0) is 14.5. The minimum absolute atomic E-state index is 0.256. The Morgan fingerprint density at radius 1 is 1.45 bits per heavy atom. The summed E-state index contributed by atoms with van der Waals surface area (Å²) in [6, 6.07) is 9.48. The van der Waals surface area contributed by atoms with Crippen LogP contribution >= 0.6 is 27.3 Å². The van der Waals surface area contributed by atoms with Gasteiger partial charge in [0.2, 0.25) is 0 Å². The van der Waals surface area contributed by atoms with Crippen molar-refractivity contribution in [3.05, 3.63) is 50.6 Å². The summed E-state index contributed by atoms with van der Waals surface area (Å²) in [5.41, 5.74) is 1.20. The van der Waals surface area contributed by atoms with E-state index in [2.05, 4.69) is 39.6 Å². The van der Waals surface area contributed by atoms with Crippen LogP contribution in [0.4, 0.5) is 5.69 Å². The lowest BCUT2D eigenvalue weighted by Crippen LogP contribution is -2.10. The van der Waals surface area contributed by atoms with Crippen LogP contribution in [0.2, 0.25) is 0 Å². The van der Waals surface area contributed by atoms with Crippen molar-refractivity contribution >= 4 is 38.9 Å². The van der Waals surface area contributed by atoms with Crippen molar-refractivity contribution < 1.29 is 9.90 Å². The summed E-state index contributed by atoms with van der Waals surface area (Å²) in [6.07, 6.45) is 2.12. The summed E-state index contributed by atoms with van der Waals surface area (Å²) < 4.78 is 0.773. The molecule has 106 valence electrons. The first kappa shape index (κ1) is 15.1. The van der Waals surface area contributed by atoms with Gasteiger partial charge in [0, 0.05) is 15.0 Å². The second-order valence-corrected chi connectivity index (χ2v) is 6.33. The van der Waals surface area contributed by atoms with Crippen LogP contribution in [0.3, 0.4) is 0 Å². The number of carboxylic acids is 1. The SMILES string of the molecule is CCCC(Nc1ccc(C(=O)O)cc1Br)c1cccs1. The van der Waals surface area contributed by atoms with Gasteiger partial charge in [0.05, 0.1) is 11.6 Å². The van der Waals surface area contributed by atoms with Gasteiger partial charge in [-0.3, -0.25) is 0 Å². The van der Waals surface area contributed by atoms with Crippen LogP contribution in [-0.2, 0) is 0 Å². The van der Waals surface area contributed by atoms with Gasteiger partial charge in [-0.05, 0) is 52.0 Å². The number of aromatic carboxylic acids is 1. The molecule has 1 atom stereocenters. The van der Waals surface area contributed by atoms with E-state index >= 15 is 0 Å². The van der Waals surface area contributed by atoms with Crippen LogP contribution in [0.1, 0.15) is 41.0 Å². The highest BCUT2D eigenvalue weighted by atomic mass is 79.9. The number of anilines is 1. The molecule has 0 radical (unpaired) electrons. The van der Waals surface area contributed by atoms with E-state index in [0.717, 1.165) is 23.0 Å². The highest BCUT2D eigenvalue weighted by Gasteiger charge is 2.14. The Balaban J connectivity index is 2.21. The third kappa shape index (κ3) is 3.61. The molecule has 0 bridgehead atoms. The van der Waals surface area contributed by atoms with Crippen LogP contribution in [0.15, 0.2) is 40.2 Å². The molecule has 0 aliphatic rings. The molecule has 1 unspecified atom stereocenters. The van der Waals surface area contributed by atoms with Crippen molar-refractivity contribution in [2.75, 3.05) is 5.32 Å². The Labute approximate surface area is 130 Å². The quantitative estimate of drug-likeness (QED) is 0.753. The van der Waals surface area contributed by atoms with E-state index in [9.17, 15) is 4.79 Å². The van der Waals surface area contributed by atoms with E-state index in [1.165, 1.54) is 4.88 Å². The lowest BCUT2D eigenvalue weighted by atomic mass is 10.1. The fourth-order valence-corrected chi connectivity index (χ4v) is 3.32. The molecule has 0 saturated carbocycles. The summed E-state index contributed by atoms with van der Waals surface area (Å²) in [4.78, 5) is 12.2. The molecular weight excluding hydrogens is 338 g/mol. The Morgan fingerprint density at radius 3 is 2.80 bits per heavy atom. The molecule has 0 fully saturated rings. The van der Waals surface area contributed by atoms with E-state index in [0.29, 0.717) is 0 Å². The van der Waals surface area contributed by atoms with Crippen molar-refractivity contribution in [3.8, 4) is 0 Å². The van der Waals surface area contributed by atoms with Crippen molar-refractivity contribution in [1.29, 1.82) is 0 Å². The topological polar surface area (TPSA) is 49.3 Å². The molecule has 1 heterocycles. The Kier molecular flexibility index (Phi) is 5.20. The molecule has 1 aromatic carbocycles. The van der Waals surface area contributed by atoms with Crippen molar-refractivity contribution in [1.82, 2.24) is 0 Å². The number of benzene rings is 1. The molecule has 0 spiro atoms. The molecule has 1 aromatic heterocycles. The zero-order valence-corrected chi connectivity index (χ0v) is 13.5. The number of rotatable bonds is 6. The van der Waals surface area contributed by atoms with Gasteiger partial charge in [-0.15, -0.1) is 11.3 Å². The molecule has 0 saturated heterocycles. The second-order valence-electron chi connectivity index (χ2n) is 4.50. The molecular formula is C15H16BrNO2S. The Hall–Kier alpha value is -1.33. The molecule has 0 aliphatic carbocycles. The van der Waals surface area contributed by atoms with Crippen molar-refractivity contribution in [2.45, 2.75) is 25.8 Å². The second kappa shape index (κ2) is 6.90. The van der Waals surface area contributed by atoms with E-state index in [1.807, 2.05) is 12.1 Å². The first-order chi connectivity index (χ1) is 9.61. The predicted octanol–water partition coefficient (Wildman–Crippen LogP) is 5.16. The molecule has 3 nitrogen and oxygen atoms in total. The van der Waals surface area contributed by atoms with Gasteiger partial charge in [-0.2, -0.15) is 0 Å². The maximum atomic E-state index is 10.9. The maximum Gasteiger partial charge on any atom is 0.335 e. The first-order valence-corrected chi connectivity index (χ1v) is 8.12. The van der Waals surface area contributed by atoms with Gasteiger partial charge in [-0.25, -0.2) is 4.79 Å². The summed E-state index contributed by atoms with van der Waals surface area (Å²) in [6.45, 7) is 2.16. The largest absolute Gasteiger partial charge is 0.478 e. The van der Waals surface area contributed by atoms with E-state index in [-0.39, 0.29) is 11.6 Å². The summed E-state index contributed by atoms with van der Waals surface area (Å²) in [7, 11) is 0. The van der Waals surface area contributed by atoms with Gasteiger partial charge < -0.3 is 10.4 Å². The standard InChI is InChI=1S/C15H16BrNO2S/c1-2-4-13(14-5-3-8-20-14)17-12-7-6-10(15(18)19)9-11(12)16/h3,5-9,13,17H,2,4H2,1H3,(H,18,19). The lowest BCUT2D eigenvalue weighted by Gasteiger charge is -2.19. The Bertz CT molecular complexity index is 584. The molecule has 20 heavy (non-hydrogen) atoms. The van der Waals surface area contributed by atoms with Gasteiger partial charge >= 0.3 is 5.97 Å². The van der Waals surface area contributed by atoms with Gasteiger partial charge in [-0.1, -0.05) is 19.4 Å². The maximum absolute atomic E-state index is 10.9. The smallest absolute Gasteiger partial charge is 0.335 e. The van der Waals surface area contributed by atoms with E-state index in [1.54, 1.807) is 23.5 Å². The zero-order valence-electron chi connectivity index (χ0n) is 11.1. The Morgan fingerprint density at radius 2 is 2.25 bits per heavy atom. The number of nitrogens with one attached hydrogen (secondary N) is 1. The average molecular weight is 354 g/mol. The molecule has 2 rings (SSSR count). The number of carbonyl (C=O) groups is 1. The van der Waals surface area contributed by atoms with Crippen LogP contribution < -0.4 is 5.32 Å². The number of halogens is 1. The monoisotopic (exact) mass is 353 g/mol. The van der Waals surface area contributed by atoms with Gasteiger partial charge in [0.25, 0.3) is 0 Å². The van der Waals surface area contributed by atoms with Crippen LogP contribution in [0.25, 0.3) is 0 Å². The first-order valence-electron chi connectivity index (χ1n) is 6.44. The summed E-state index contributed by atoms with van der Waals surface area (Å²) in [5.74, 6) is -0.916. The van der Waals surface area contributed by atoms with Crippen LogP contribution in [0.5, 0.6) is 0 Å². The average Bonchev–Trinajstić information content (AvgIpc) is 2.94. The number of hydrogen-bond donors (Lipinski definition) is 2. The fraction of sp³-hybridized carbons (Fsp3) is 0.267. The highest BCUT2D eigenvalue weighted by Crippen LogP contribution is 2.31. The highest BCUT2D eigenvalue weighted by molar-refractivity contribution is 9.10. The lowest BCUT2D eigenvalue weighted by molar-refractivity contribution is 0.0697.